The van der Waals surface area contributed by atoms with Crippen LogP contribution in [0, 0.1) is 0 Å². The second-order valence-electron chi connectivity index (χ2n) is 5.65. The molecule has 0 unspecified atom stereocenters. The van der Waals surface area contributed by atoms with E-state index in [9.17, 15) is 0 Å². The normalized spacial score (nSPS) is 14.0. The summed E-state index contributed by atoms with van der Waals surface area (Å²) >= 11 is 0. The first-order chi connectivity index (χ1) is 10.3. The Balaban J connectivity index is 1.86. The molecule has 4 rings (SSSR count). The van der Waals surface area contributed by atoms with Crippen LogP contribution in [0.15, 0.2) is 36.4 Å². The zero-order valence-corrected chi connectivity index (χ0v) is 12.2. The molecule has 0 radical (unpaired) electrons. The van der Waals surface area contributed by atoms with E-state index in [2.05, 4.69) is 53.6 Å². The summed E-state index contributed by atoms with van der Waals surface area (Å²) in [5, 5.41) is 3.48. The second-order valence-corrected chi connectivity index (χ2v) is 5.65. The highest BCUT2D eigenvalue weighted by Gasteiger charge is 2.15. The van der Waals surface area contributed by atoms with E-state index < -0.39 is 0 Å². The summed E-state index contributed by atoms with van der Waals surface area (Å²) in [5.41, 5.74) is 7.39. The lowest BCUT2D eigenvalue weighted by Gasteiger charge is -2.20. The third-order valence-electron chi connectivity index (χ3n) is 4.30. The zero-order valence-electron chi connectivity index (χ0n) is 12.2. The molecule has 0 saturated heterocycles. The zero-order chi connectivity index (χ0) is 14.2. The molecule has 21 heavy (non-hydrogen) atoms. The maximum Gasteiger partial charge on any atom is 0.138 e. The Morgan fingerprint density at radius 3 is 3.05 bits per heavy atom. The fourth-order valence-corrected chi connectivity index (χ4v) is 3.14. The summed E-state index contributed by atoms with van der Waals surface area (Å²) in [4.78, 5) is 8.28. The van der Waals surface area contributed by atoms with Gasteiger partial charge in [-0.05, 0) is 48.6 Å². The Kier molecular flexibility index (Phi) is 2.92. The lowest BCUT2D eigenvalue weighted by molar-refractivity contribution is 0.831. The lowest BCUT2D eigenvalue weighted by atomic mass is 9.97. The van der Waals surface area contributed by atoms with Crippen LogP contribution in [0.3, 0.4) is 0 Å². The Hall–Kier alpha value is -2.29. The van der Waals surface area contributed by atoms with Gasteiger partial charge in [0.15, 0.2) is 0 Å². The Morgan fingerprint density at radius 1 is 1.19 bits per heavy atom. The van der Waals surface area contributed by atoms with Gasteiger partial charge in [-0.2, -0.15) is 0 Å². The molecule has 3 nitrogen and oxygen atoms in total. The van der Waals surface area contributed by atoms with Crippen molar-refractivity contribution in [1.29, 1.82) is 0 Å². The van der Waals surface area contributed by atoms with Gasteiger partial charge in [0.2, 0.25) is 0 Å². The SMILES string of the molecule is CCc1ccc2nc(-c3cccc4c3CCCN4)[nH]c2c1. The largest absolute Gasteiger partial charge is 0.385 e. The van der Waals surface area contributed by atoms with Crippen molar-refractivity contribution in [3.05, 3.63) is 47.5 Å². The Bertz CT molecular complexity index is 801. The number of H-pyrrole nitrogens is 1. The van der Waals surface area contributed by atoms with Crippen molar-refractivity contribution >= 4 is 16.7 Å². The van der Waals surface area contributed by atoms with Crippen molar-refractivity contribution in [1.82, 2.24) is 9.97 Å². The number of nitrogens with one attached hydrogen (secondary N) is 2. The number of aryl methyl sites for hydroxylation is 1. The molecular formula is C18H19N3. The van der Waals surface area contributed by atoms with E-state index in [0.29, 0.717) is 0 Å². The number of aromatic amines is 1. The van der Waals surface area contributed by atoms with Crippen LogP contribution in [0.2, 0.25) is 0 Å². The topological polar surface area (TPSA) is 40.7 Å². The number of nitrogens with zero attached hydrogens (tertiary/aromatic N) is 1. The highest BCUT2D eigenvalue weighted by molar-refractivity contribution is 5.82. The van der Waals surface area contributed by atoms with Gasteiger partial charge in [-0.3, -0.25) is 0 Å². The molecule has 0 aliphatic carbocycles. The highest BCUT2D eigenvalue weighted by atomic mass is 14.9. The summed E-state index contributed by atoms with van der Waals surface area (Å²) in [6.45, 7) is 3.24. The molecule has 0 bridgehead atoms. The van der Waals surface area contributed by atoms with Gasteiger partial charge in [0, 0.05) is 17.8 Å². The number of imidazole rings is 1. The number of fused-ring (bicyclic) bond motifs is 2. The standard InChI is InChI=1S/C18H19N3/c1-2-12-8-9-16-17(11-12)21-18(20-16)14-5-3-7-15-13(14)6-4-10-19-15/h3,5,7-9,11,19H,2,4,6,10H2,1H3,(H,20,21). The lowest BCUT2D eigenvalue weighted by Crippen LogP contribution is -2.12. The molecule has 2 heterocycles. The smallest absolute Gasteiger partial charge is 0.138 e. The van der Waals surface area contributed by atoms with Crippen molar-refractivity contribution in [2.45, 2.75) is 26.2 Å². The molecule has 0 fully saturated rings. The molecule has 3 aromatic rings. The monoisotopic (exact) mass is 277 g/mol. The maximum atomic E-state index is 4.78. The van der Waals surface area contributed by atoms with Gasteiger partial charge >= 0.3 is 0 Å². The van der Waals surface area contributed by atoms with Gasteiger partial charge in [0.05, 0.1) is 11.0 Å². The van der Waals surface area contributed by atoms with Crippen molar-refractivity contribution in [3.63, 3.8) is 0 Å². The summed E-state index contributed by atoms with van der Waals surface area (Å²) in [6, 6.07) is 12.9. The molecule has 2 aromatic carbocycles. The van der Waals surface area contributed by atoms with E-state index in [1.54, 1.807) is 0 Å². The molecule has 2 N–H and O–H groups in total. The van der Waals surface area contributed by atoms with E-state index in [4.69, 9.17) is 4.98 Å². The highest BCUT2D eigenvalue weighted by Crippen LogP contribution is 2.32. The quantitative estimate of drug-likeness (QED) is 0.738. The van der Waals surface area contributed by atoms with E-state index in [0.717, 1.165) is 36.2 Å². The minimum absolute atomic E-state index is 0.985. The van der Waals surface area contributed by atoms with Crippen molar-refractivity contribution in [3.8, 4) is 11.4 Å². The van der Waals surface area contributed by atoms with Crippen LogP contribution in [0.1, 0.15) is 24.5 Å². The third kappa shape index (κ3) is 2.09. The summed E-state index contributed by atoms with van der Waals surface area (Å²) in [7, 11) is 0. The molecule has 0 atom stereocenters. The van der Waals surface area contributed by atoms with E-state index in [-0.39, 0.29) is 0 Å². The van der Waals surface area contributed by atoms with Crippen LogP contribution in [0.4, 0.5) is 5.69 Å². The second kappa shape index (κ2) is 4.92. The molecule has 106 valence electrons. The minimum atomic E-state index is 0.985. The van der Waals surface area contributed by atoms with Crippen LogP contribution in [0.25, 0.3) is 22.4 Å². The summed E-state index contributed by atoms with van der Waals surface area (Å²) in [6.07, 6.45) is 3.36. The number of benzene rings is 2. The van der Waals surface area contributed by atoms with Crippen molar-refractivity contribution in [2.75, 3.05) is 11.9 Å². The third-order valence-corrected chi connectivity index (χ3v) is 4.30. The molecule has 0 saturated carbocycles. The predicted octanol–water partition coefficient (Wildman–Crippen LogP) is 4.15. The predicted molar refractivity (Wildman–Crippen MR) is 87.7 cm³/mol. The van der Waals surface area contributed by atoms with E-state index >= 15 is 0 Å². The number of rotatable bonds is 2. The van der Waals surface area contributed by atoms with E-state index in [1.165, 1.54) is 28.8 Å². The van der Waals surface area contributed by atoms with Gasteiger partial charge in [-0.15, -0.1) is 0 Å². The first-order valence-corrected chi connectivity index (χ1v) is 7.70. The molecule has 1 aliphatic heterocycles. The van der Waals surface area contributed by atoms with Crippen LogP contribution >= 0.6 is 0 Å². The van der Waals surface area contributed by atoms with Crippen LogP contribution < -0.4 is 5.32 Å². The molecule has 0 amide bonds. The number of hydrogen-bond acceptors (Lipinski definition) is 2. The fraction of sp³-hybridized carbons (Fsp3) is 0.278. The van der Waals surface area contributed by atoms with Gasteiger partial charge < -0.3 is 10.3 Å². The average molecular weight is 277 g/mol. The fourth-order valence-electron chi connectivity index (χ4n) is 3.14. The Labute approximate surface area is 124 Å². The maximum absolute atomic E-state index is 4.78. The number of aromatic nitrogens is 2. The molecule has 0 spiro atoms. The van der Waals surface area contributed by atoms with Crippen molar-refractivity contribution < 1.29 is 0 Å². The first-order valence-electron chi connectivity index (χ1n) is 7.70. The first kappa shape index (κ1) is 12.5. The molecule has 3 heteroatoms. The molecule has 1 aromatic heterocycles. The average Bonchev–Trinajstić information content (AvgIpc) is 2.97. The van der Waals surface area contributed by atoms with Crippen LogP contribution in [-0.4, -0.2) is 16.5 Å². The molecule has 1 aliphatic rings. The molecular weight excluding hydrogens is 258 g/mol. The Morgan fingerprint density at radius 2 is 2.14 bits per heavy atom. The van der Waals surface area contributed by atoms with Gasteiger partial charge in [-0.1, -0.05) is 25.1 Å². The number of anilines is 1. The minimum Gasteiger partial charge on any atom is -0.385 e. The number of hydrogen-bond donors (Lipinski definition) is 2. The van der Waals surface area contributed by atoms with Gasteiger partial charge in [-0.25, -0.2) is 4.98 Å². The van der Waals surface area contributed by atoms with Crippen LogP contribution in [0.5, 0.6) is 0 Å². The van der Waals surface area contributed by atoms with Crippen LogP contribution in [-0.2, 0) is 12.8 Å². The van der Waals surface area contributed by atoms with Gasteiger partial charge in [0.1, 0.15) is 5.82 Å². The summed E-state index contributed by atoms with van der Waals surface area (Å²) in [5.74, 6) is 0.985. The van der Waals surface area contributed by atoms with Gasteiger partial charge in [0.25, 0.3) is 0 Å². The van der Waals surface area contributed by atoms with E-state index in [1.807, 2.05) is 0 Å². The van der Waals surface area contributed by atoms with Crippen molar-refractivity contribution in [2.24, 2.45) is 0 Å². The summed E-state index contributed by atoms with van der Waals surface area (Å²) < 4.78 is 0.